The smallest absolute Gasteiger partial charge is 0.341 e. The second-order valence-electron chi connectivity index (χ2n) is 4.11. The van der Waals surface area contributed by atoms with Crippen LogP contribution in [-0.2, 0) is 4.74 Å². The summed E-state index contributed by atoms with van der Waals surface area (Å²) in [5.74, 6) is -0.0884. The van der Waals surface area contributed by atoms with E-state index in [0.29, 0.717) is 5.76 Å². The molecule has 0 saturated heterocycles. The van der Waals surface area contributed by atoms with Gasteiger partial charge in [0.25, 0.3) is 0 Å². The number of ether oxygens (including phenoxy) is 1. The van der Waals surface area contributed by atoms with Gasteiger partial charge in [-0.2, -0.15) is 0 Å². The number of aryl methyl sites for hydroxylation is 1. The first-order valence-corrected chi connectivity index (χ1v) is 5.92. The lowest BCUT2D eigenvalue weighted by atomic mass is 10.0. The zero-order valence-corrected chi connectivity index (χ0v) is 10.9. The molecule has 0 radical (unpaired) electrons. The number of esters is 1. The van der Waals surface area contributed by atoms with E-state index in [1.807, 2.05) is 0 Å². The van der Waals surface area contributed by atoms with Crippen molar-refractivity contribution < 1.29 is 29.3 Å². The SMILES string of the molecule is CCOC(=O)c1cc([C@H](N)[C@H](O)[C@H](O)CO)oc1C. The summed E-state index contributed by atoms with van der Waals surface area (Å²) >= 11 is 0. The number of aliphatic hydroxyl groups is 3. The molecule has 0 aliphatic heterocycles. The van der Waals surface area contributed by atoms with Gasteiger partial charge in [0.15, 0.2) is 0 Å². The summed E-state index contributed by atoms with van der Waals surface area (Å²) in [7, 11) is 0. The second-order valence-corrected chi connectivity index (χ2v) is 4.11. The maximum Gasteiger partial charge on any atom is 0.341 e. The number of nitrogens with two attached hydrogens (primary N) is 1. The zero-order chi connectivity index (χ0) is 14.6. The van der Waals surface area contributed by atoms with Gasteiger partial charge >= 0.3 is 5.97 Å². The first kappa shape index (κ1) is 15.6. The number of rotatable bonds is 6. The summed E-state index contributed by atoms with van der Waals surface area (Å²) in [6.45, 7) is 2.86. The molecule has 0 aliphatic rings. The van der Waals surface area contributed by atoms with E-state index in [1.165, 1.54) is 6.07 Å². The summed E-state index contributed by atoms with van der Waals surface area (Å²) in [4.78, 5) is 11.6. The van der Waals surface area contributed by atoms with E-state index < -0.39 is 30.8 Å². The third kappa shape index (κ3) is 3.54. The van der Waals surface area contributed by atoms with E-state index in [4.69, 9.17) is 20.0 Å². The van der Waals surface area contributed by atoms with Gasteiger partial charge in [-0.1, -0.05) is 0 Å². The molecule has 0 fully saturated rings. The fourth-order valence-corrected chi connectivity index (χ4v) is 1.60. The van der Waals surface area contributed by atoms with Crippen molar-refractivity contribution in [2.45, 2.75) is 32.1 Å². The molecule has 7 nitrogen and oxygen atoms in total. The van der Waals surface area contributed by atoms with Crippen LogP contribution in [-0.4, -0.2) is 46.7 Å². The van der Waals surface area contributed by atoms with Crippen LogP contribution in [0.15, 0.2) is 10.5 Å². The predicted molar refractivity (Wildman–Crippen MR) is 65.4 cm³/mol. The molecule has 108 valence electrons. The lowest BCUT2D eigenvalue weighted by molar-refractivity contribution is -0.0293. The average Bonchev–Trinajstić information content (AvgIpc) is 2.78. The van der Waals surface area contributed by atoms with Gasteiger partial charge in [0.2, 0.25) is 0 Å². The van der Waals surface area contributed by atoms with Crippen molar-refractivity contribution in [3.63, 3.8) is 0 Å². The topological polar surface area (TPSA) is 126 Å². The predicted octanol–water partition coefficient (Wildman–Crippen LogP) is -0.521. The number of carbonyl (C=O) groups is 1. The van der Waals surface area contributed by atoms with Crippen LogP contribution in [0.5, 0.6) is 0 Å². The van der Waals surface area contributed by atoms with Crippen molar-refractivity contribution in [3.8, 4) is 0 Å². The molecule has 5 N–H and O–H groups in total. The fraction of sp³-hybridized carbons (Fsp3) is 0.583. The van der Waals surface area contributed by atoms with Gasteiger partial charge in [0.05, 0.1) is 19.3 Å². The van der Waals surface area contributed by atoms with Gasteiger partial charge in [-0.15, -0.1) is 0 Å². The Morgan fingerprint density at radius 3 is 2.68 bits per heavy atom. The molecule has 19 heavy (non-hydrogen) atoms. The maximum atomic E-state index is 11.6. The third-order valence-corrected chi connectivity index (χ3v) is 2.71. The molecule has 0 spiro atoms. The first-order valence-electron chi connectivity index (χ1n) is 5.92. The van der Waals surface area contributed by atoms with E-state index in [2.05, 4.69) is 0 Å². The van der Waals surface area contributed by atoms with Crippen molar-refractivity contribution in [1.82, 2.24) is 0 Å². The minimum Gasteiger partial charge on any atom is -0.464 e. The van der Waals surface area contributed by atoms with Gasteiger partial charge in [-0.05, 0) is 19.9 Å². The zero-order valence-electron chi connectivity index (χ0n) is 10.9. The largest absolute Gasteiger partial charge is 0.464 e. The molecule has 3 atom stereocenters. The summed E-state index contributed by atoms with van der Waals surface area (Å²) in [5.41, 5.74) is 5.92. The highest BCUT2D eigenvalue weighted by Gasteiger charge is 2.28. The fourth-order valence-electron chi connectivity index (χ4n) is 1.60. The molecule has 0 aromatic carbocycles. The van der Waals surface area contributed by atoms with Gasteiger partial charge in [0.1, 0.15) is 29.3 Å². The number of aliphatic hydroxyl groups excluding tert-OH is 3. The normalized spacial score (nSPS) is 15.9. The van der Waals surface area contributed by atoms with Crippen LogP contribution in [0.4, 0.5) is 0 Å². The molecule has 0 unspecified atom stereocenters. The van der Waals surface area contributed by atoms with Crippen LogP contribution in [0.1, 0.15) is 34.8 Å². The molecule has 7 heteroatoms. The van der Waals surface area contributed by atoms with Crippen LogP contribution in [0.3, 0.4) is 0 Å². The van der Waals surface area contributed by atoms with E-state index in [1.54, 1.807) is 13.8 Å². The van der Waals surface area contributed by atoms with E-state index in [0.717, 1.165) is 0 Å². The van der Waals surface area contributed by atoms with E-state index in [9.17, 15) is 15.0 Å². The van der Waals surface area contributed by atoms with Crippen molar-refractivity contribution in [2.24, 2.45) is 5.73 Å². The van der Waals surface area contributed by atoms with Crippen LogP contribution >= 0.6 is 0 Å². The summed E-state index contributed by atoms with van der Waals surface area (Å²) in [6.07, 6.45) is -2.78. The van der Waals surface area contributed by atoms with Gasteiger partial charge in [-0.3, -0.25) is 0 Å². The summed E-state index contributed by atoms with van der Waals surface area (Å²) < 4.78 is 10.1. The number of furan rings is 1. The molecule has 1 rings (SSSR count). The van der Waals surface area contributed by atoms with Crippen LogP contribution < -0.4 is 5.73 Å². The Morgan fingerprint density at radius 1 is 1.53 bits per heavy atom. The van der Waals surface area contributed by atoms with Crippen LogP contribution in [0, 0.1) is 6.92 Å². The van der Waals surface area contributed by atoms with Gasteiger partial charge in [-0.25, -0.2) is 4.79 Å². The lowest BCUT2D eigenvalue weighted by Crippen LogP contribution is -2.38. The Hall–Kier alpha value is -1.41. The second kappa shape index (κ2) is 6.67. The van der Waals surface area contributed by atoms with E-state index in [-0.39, 0.29) is 17.9 Å². The van der Waals surface area contributed by atoms with E-state index >= 15 is 0 Å². The Balaban J connectivity index is 2.91. The quantitative estimate of drug-likeness (QED) is 0.514. The van der Waals surface area contributed by atoms with Crippen molar-refractivity contribution in [1.29, 1.82) is 0 Å². The molecule has 0 saturated carbocycles. The van der Waals surface area contributed by atoms with Crippen molar-refractivity contribution in [3.05, 3.63) is 23.2 Å². The summed E-state index contributed by atoms with van der Waals surface area (Å²) in [6, 6.07) is 0.315. The highest BCUT2D eigenvalue weighted by molar-refractivity contribution is 5.90. The van der Waals surface area contributed by atoms with Crippen molar-refractivity contribution in [2.75, 3.05) is 13.2 Å². The Kier molecular flexibility index (Phi) is 5.49. The highest BCUT2D eigenvalue weighted by atomic mass is 16.5. The van der Waals surface area contributed by atoms with Crippen LogP contribution in [0.2, 0.25) is 0 Å². The molecule has 1 aromatic heterocycles. The number of hydrogen-bond acceptors (Lipinski definition) is 7. The van der Waals surface area contributed by atoms with Gasteiger partial charge in [0, 0.05) is 0 Å². The molecule has 0 bridgehead atoms. The average molecular weight is 273 g/mol. The molecule has 0 amide bonds. The minimum absolute atomic E-state index is 0.139. The van der Waals surface area contributed by atoms with Crippen LogP contribution in [0.25, 0.3) is 0 Å². The maximum absolute atomic E-state index is 11.6. The number of carbonyl (C=O) groups excluding carboxylic acids is 1. The van der Waals surface area contributed by atoms with Crippen molar-refractivity contribution >= 4 is 5.97 Å². The number of hydrogen-bond donors (Lipinski definition) is 4. The lowest BCUT2D eigenvalue weighted by Gasteiger charge is -2.20. The van der Waals surface area contributed by atoms with Gasteiger partial charge < -0.3 is 30.2 Å². The molecular formula is C12H19NO6. The monoisotopic (exact) mass is 273 g/mol. The molecule has 1 heterocycles. The summed E-state index contributed by atoms with van der Waals surface area (Å²) in [5, 5.41) is 27.7. The standard InChI is InChI=1S/C12H19NO6/c1-3-18-12(17)7-4-9(19-6(7)2)10(13)11(16)8(15)5-14/h4,8,10-11,14-16H,3,5,13H2,1-2H3/t8-,10+,11-/m1/s1. The highest BCUT2D eigenvalue weighted by Crippen LogP contribution is 2.23. The first-order chi connectivity index (χ1) is 8.92. The molecule has 0 aliphatic carbocycles. The molecular weight excluding hydrogens is 254 g/mol. The Morgan fingerprint density at radius 2 is 2.16 bits per heavy atom. The Bertz CT molecular complexity index is 430. The minimum atomic E-state index is -1.40. The molecule has 1 aromatic rings. The Labute approximate surface area is 110 Å². The third-order valence-electron chi connectivity index (χ3n) is 2.71.